The van der Waals surface area contributed by atoms with Gasteiger partial charge in [0.15, 0.2) is 0 Å². The Kier molecular flexibility index (Phi) is 7.35. The van der Waals surface area contributed by atoms with Crippen molar-refractivity contribution in [1.29, 1.82) is 0 Å². The Morgan fingerprint density at radius 2 is 2.00 bits per heavy atom. The van der Waals surface area contributed by atoms with Gasteiger partial charge in [0.25, 0.3) is 0 Å². The maximum atomic E-state index is 8.61. The molecule has 1 aromatic rings. The van der Waals surface area contributed by atoms with Gasteiger partial charge in [-0.1, -0.05) is 24.6 Å². The molecule has 0 saturated heterocycles. The summed E-state index contributed by atoms with van der Waals surface area (Å²) in [4.78, 5) is 4.09. The summed E-state index contributed by atoms with van der Waals surface area (Å²) in [5, 5.41) is 8.61. The van der Waals surface area contributed by atoms with Gasteiger partial charge in [0.05, 0.1) is 0 Å². The Morgan fingerprint density at radius 1 is 1.12 bits per heavy atom. The summed E-state index contributed by atoms with van der Waals surface area (Å²) in [6, 6.07) is 4.09. The molecule has 1 heterocycles. The molecule has 88 valence electrons. The molecule has 0 amide bonds. The maximum absolute atomic E-state index is 8.61. The van der Waals surface area contributed by atoms with E-state index in [9.17, 15) is 0 Å². The lowest BCUT2D eigenvalue weighted by atomic mass is 10.1. The predicted molar refractivity (Wildman–Crippen MR) is 67.3 cm³/mol. The van der Waals surface area contributed by atoms with Gasteiger partial charge in [-0.3, -0.25) is 4.98 Å². The minimum atomic E-state index is 0.324. The molecular weight excluding hydrogens is 198 g/mol. The largest absolute Gasteiger partial charge is 0.396 e. The number of nitrogens with zero attached hydrogens (tertiary/aromatic N) is 1. The molecule has 0 radical (unpaired) electrons. The number of pyridine rings is 1. The molecule has 0 atom stereocenters. The van der Waals surface area contributed by atoms with Crippen LogP contribution < -0.4 is 0 Å². The highest BCUT2D eigenvalue weighted by atomic mass is 16.2. The Morgan fingerprint density at radius 3 is 2.75 bits per heavy atom. The SMILES string of the molecule is OCCCCC/C=C\CCc1cccnc1. The van der Waals surface area contributed by atoms with Crippen molar-refractivity contribution in [2.75, 3.05) is 6.61 Å². The minimum Gasteiger partial charge on any atom is -0.396 e. The van der Waals surface area contributed by atoms with Crippen LogP contribution in [-0.4, -0.2) is 16.7 Å². The van der Waals surface area contributed by atoms with Gasteiger partial charge >= 0.3 is 0 Å². The van der Waals surface area contributed by atoms with Gasteiger partial charge in [-0.2, -0.15) is 0 Å². The number of aliphatic hydroxyl groups excluding tert-OH is 1. The molecule has 0 aromatic carbocycles. The highest BCUT2D eigenvalue weighted by Crippen LogP contribution is 2.03. The van der Waals surface area contributed by atoms with Gasteiger partial charge in [-0.15, -0.1) is 0 Å². The molecule has 2 nitrogen and oxygen atoms in total. The number of hydrogen-bond donors (Lipinski definition) is 1. The van der Waals surface area contributed by atoms with Gasteiger partial charge in [0.2, 0.25) is 0 Å². The second-order valence-corrected chi connectivity index (χ2v) is 3.94. The van der Waals surface area contributed by atoms with Crippen molar-refractivity contribution in [1.82, 2.24) is 4.98 Å². The number of rotatable bonds is 8. The minimum absolute atomic E-state index is 0.324. The average molecular weight is 219 g/mol. The first kappa shape index (κ1) is 12.9. The summed E-state index contributed by atoms with van der Waals surface area (Å²) in [6.07, 6.45) is 14.8. The van der Waals surface area contributed by atoms with E-state index >= 15 is 0 Å². The van der Waals surface area contributed by atoms with Crippen molar-refractivity contribution in [2.24, 2.45) is 0 Å². The highest BCUT2D eigenvalue weighted by Gasteiger charge is 1.89. The number of allylic oxidation sites excluding steroid dienone is 2. The van der Waals surface area contributed by atoms with Crippen molar-refractivity contribution < 1.29 is 5.11 Å². The smallest absolute Gasteiger partial charge is 0.0431 e. The van der Waals surface area contributed by atoms with Crippen LogP contribution in [0.3, 0.4) is 0 Å². The Bertz CT molecular complexity index is 282. The number of aryl methyl sites for hydroxylation is 1. The third kappa shape index (κ3) is 6.36. The summed E-state index contributed by atoms with van der Waals surface area (Å²) in [5.41, 5.74) is 1.30. The fourth-order valence-corrected chi connectivity index (χ4v) is 1.58. The number of aliphatic hydroxyl groups is 1. The fourth-order valence-electron chi connectivity index (χ4n) is 1.58. The van der Waals surface area contributed by atoms with E-state index in [1.165, 1.54) is 12.0 Å². The van der Waals surface area contributed by atoms with Crippen LogP contribution >= 0.6 is 0 Å². The normalized spacial score (nSPS) is 11.1. The highest BCUT2D eigenvalue weighted by molar-refractivity contribution is 5.09. The number of unbranched alkanes of at least 4 members (excludes halogenated alkanes) is 3. The van der Waals surface area contributed by atoms with Crippen LogP contribution in [0.25, 0.3) is 0 Å². The molecule has 16 heavy (non-hydrogen) atoms. The van der Waals surface area contributed by atoms with Crippen LogP contribution in [0.1, 0.15) is 37.7 Å². The van der Waals surface area contributed by atoms with Crippen LogP contribution in [0, 0.1) is 0 Å². The lowest BCUT2D eigenvalue weighted by molar-refractivity contribution is 0.283. The molecule has 2 heteroatoms. The van der Waals surface area contributed by atoms with Gasteiger partial charge in [0.1, 0.15) is 0 Å². The van der Waals surface area contributed by atoms with E-state index in [1.807, 2.05) is 12.3 Å². The summed E-state index contributed by atoms with van der Waals surface area (Å²) >= 11 is 0. The van der Waals surface area contributed by atoms with Gasteiger partial charge in [-0.05, 0) is 43.7 Å². The monoisotopic (exact) mass is 219 g/mol. The van der Waals surface area contributed by atoms with Crippen molar-refractivity contribution >= 4 is 0 Å². The lowest BCUT2D eigenvalue weighted by Gasteiger charge is -1.96. The molecule has 0 fully saturated rings. The van der Waals surface area contributed by atoms with E-state index in [-0.39, 0.29) is 0 Å². The van der Waals surface area contributed by atoms with Crippen LogP contribution in [0.15, 0.2) is 36.7 Å². The molecule has 0 unspecified atom stereocenters. The van der Waals surface area contributed by atoms with Crippen LogP contribution in [-0.2, 0) is 6.42 Å². The van der Waals surface area contributed by atoms with E-state index in [0.29, 0.717) is 6.61 Å². The second kappa shape index (κ2) is 9.10. The Hall–Kier alpha value is -1.15. The fraction of sp³-hybridized carbons (Fsp3) is 0.500. The standard InChI is InChI=1S/C14H21NO/c16-12-7-5-3-1-2-4-6-9-14-10-8-11-15-13-14/h2,4,8,10-11,13,16H,1,3,5-7,9,12H2/b4-2-. The van der Waals surface area contributed by atoms with E-state index in [1.54, 1.807) is 6.20 Å². The lowest BCUT2D eigenvalue weighted by Crippen LogP contribution is -1.84. The molecule has 1 rings (SSSR count). The van der Waals surface area contributed by atoms with E-state index in [4.69, 9.17) is 5.11 Å². The first-order chi connectivity index (χ1) is 7.93. The molecule has 1 aromatic heterocycles. The molecule has 0 saturated carbocycles. The Labute approximate surface area is 98.0 Å². The molecule has 0 aliphatic heterocycles. The van der Waals surface area contributed by atoms with E-state index in [2.05, 4.69) is 23.2 Å². The van der Waals surface area contributed by atoms with Crippen LogP contribution in [0.2, 0.25) is 0 Å². The molecule has 0 aliphatic carbocycles. The predicted octanol–water partition coefficient (Wildman–Crippen LogP) is 3.12. The van der Waals surface area contributed by atoms with E-state index < -0.39 is 0 Å². The zero-order chi connectivity index (χ0) is 11.5. The zero-order valence-corrected chi connectivity index (χ0v) is 9.81. The molecule has 0 aliphatic rings. The summed E-state index contributed by atoms with van der Waals surface area (Å²) < 4.78 is 0. The molecular formula is C14H21NO. The van der Waals surface area contributed by atoms with Gasteiger partial charge in [0, 0.05) is 19.0 Å². The summed E-state index contributed by atoms with van der Waals surface area (Å²) in [6.45, 7) is 0.324. The first-order valence-electron chi connectivity index (χ1n) is 6.08. The van der Waals surface area contributed by atoms with E-state index in [0.717, 1.165) is 32.1 Å². The molecule has 0 bridgehead atoms. The maximum Gasteiger partial charge on any atom is 0.0431 e. The van der Waals surface area contributed by atoms with Crippen LogP contribution in [0.4, 0.5) is 0 Å². The van der Waals surface area contributed by atoms with Gasteiger partial charge < -0.3 is 5.11 Å². The molecule has 0 spiro atoms. The first-order valence-corrected chi connectivity index (χ1v) is 6.08. The third-order valence-corrected chi connectivity index (χ3v) is 2.52. The Balaban J connectivity index is 2.00. The average Bonchev–Trinajstić information content (AvgIpc) is 2.34. The number of hydrogen-bond acceptors (Lipinski definition) is 2. The topological polar surface area (TPSA) is 33.1 Å². The molecule has 1 N–H and O–H groups in total. The van der Waals surface area contributed by atoms with Crippen molar-refractivity contribution in [2.45, 2.75) is 38.5 Å². The quantitative estimate of drug-likeness (QED) is 0.538. The van der Waals surface area contributed by atoms with Crippen LogP contribution in [0.5, 0.6) is 0 Å². The zero-order valence-electron chi connectivity index (χ0n) is 9.81. The van der Waals surface area contributed by atoms with Gasteiger partial charge in [-0.25, -0.2) is 0 Å². The summed E-state index contributed by atoms with van der Waals surface area (Å²) in [7, 11) is 0. The van der Waals surface area contributed by atoms with Crippen molar-refractivity contribution in [3.63, 3.8) is 0 Å². The summed E-state index contributed by atoms with van der Waals surface area (Å²) in [5.74, 6) is 0. The number of aromatic nitrogens is 1. The second-order valence-electron chi connectivity index (χ2n) is 3.94. The van der Waals surface area contributed by atoms with Crippen molar-refractivity contribution in [3.05, 3.63) is 42.2 Å². The van der Waals surface area contributed by atoms with Crippen molar-refractivity contribution in [3.8, 4) is 0 Å². The third-order valence-electron chi connectivity index (χ3n) is 2.52.